The van der Waals surface area contributed by atoms with Crippen LogP contribution in [0.2, 0.25) is 0 Å². The van der Waals surface area contributed by atoms with Crippen molar-refractivity contribution in [3.63, 3.8) is 0 Å². The molecule has 2 aromatic rings. The number of aromatic nitrogens is 2. The van der Waals surface area contributed by atoms with Gasteiger partial charge in [0.2, 0.25) is 0 Å². The van der Waals surface area contributed by atoms with E-state index in [2.05, 4.69) is 23.4 Å². The molecule has 1 heterocycles. The van der Waals surface area contributed by atoms with Crippen LogP contribution in [0.1, 0.15) is 18.9 Å². The summed E-state index contributed by atoms with van der Waals surface area (Å²) in [5, 5.41) is 7.63. The van der Waals surface area contributed by atoms with Crippen molar-refractivity contribution in [3.8, 4) is 5.75 Å². The van der Waals surface area contributed by atoms with Crippen LogP contribution < -0.4 is 10.1 Å². The Morgan fingerprint density at radius 3 is 2.95 bits per heavy atom. The molecule has 0 saturated heterocycles. The maximum atomic E-state index is 5.20. The van der Waals surface area contributed by atoms with Crippen LogP contribution in [0.4, 0.5) is 5.69 Å². The van der Waals surface area contributed by atoms with Crippen molar-refractivity contribution < 1.29 is 4.74 Å². The lowest BCUT2D eigenvalue weighted by Crippen LogP contribution is -1.99. The van der Waals surface area contributed by atoms with E-state index in [1.54, 1.807) is 7.11 Å². The van der Waals surface area contributed by atoms with Crippen molar-refractivity contribution in [2.24, 2.45) is 0 Å². The molecular weight excluding hydrogens is 262 g/mol. The van der Waals surface area contributed by atoms with E-state index in [1.165, 1.54) is 5.56 Å². The molecule has 2 rings (SSSR count). The molecule has 0 radical (unpaired) electrons. The van der Waals surface area contributed by atoms with Crippen LogP contribution in [0.5, 0.6) is 5.75 Å². The first-order valence-corrected chi connectivity index (χ1v) is 6.21. The molecule has 1 aromatic heterocycles. The number of anilines is 1. The van der Waals surface area contributed by atoms with Gasteiger partial charge in [-0.3, -0.25) is 4.68 Å². The molecular formula is C14H20ClN3O. The summed E-state index contributed by atoms with van der Waals surface area (Å²) in [6.45, 7) is 3.88. The van der Waals surface area contributed by atoms with Gasteiger partial charge >= 0.3 is 0 Å². The van der Waals surface area contributed by atoms with E-state index in [0.717, 1.165) is 30.9 Å². The normalized spacial score (nSPS) is 9.79. The third kappa shape index (κ3) is 4.48. The number of nitrogens with zero attached hydrogens (tertiary/aromatic N) is 2. The molecule has 0 spiro atoms. The molecule has 4 nitrogen and oxygen atoms in total. The fourth-order valence-corrected chi connectivity index (χ4v) is 1.79. The summed E-state index contributed by atoms with van der Waals surface area (Å²) in [5.41, 5.74) is 2.24. The van der Waals surface area contributed by atoms with Gasteiger partial charge in [-0.1, -0.05) is 19.1 Å². The quantitative estimate of drug-likeness (QED) is 0.883. The van der Waals surface area contributed by atoms with Crippen LogP contribution in [0.3, 0.4) is 0 Å². The molecule has 0 unspecified atom stereocenters. The Hall–Kier alpha value is -1.68. The SMILES string of the molecule is CCCn1cc(NCc2cccc(OC)c2)cn1.Cl. The summed E-state index contributed by atoms with van der Waals surface area (Å²) in [4.78, 5) is 0. The Morgan fingerprint density at radius 2 is 2.21 bits per heavy atom. The van der Waals surface area contributed by atoms with E-state index < -0.39 is 0 Å². The molecule has 1 N–H and O–H groups in total. The maximum Gasteiger partial charge on any atom is 0.119 e. The van der Waals surface area contributed by atoms with Gasteiger partial charge in [0.1, 0.15) is 5.75 Å². The first-order chi connectivity index (χ1) is 8.81. The van der Waals surface area contributed by atoms with Crippen LogP contribution in [-0.2, 0) is 13.1 Å². The van der Waals surface area contributed by atoms with Crippen LogP contribution >= 0.6 is 12.4 Å². The van der Waals surface area contributed by atoms with Crippen LogP contribution in [-0.4, -0.2) is 16.9 Å². The highest BCUT2D eigenvalue weighted by atomic mass is 35.5. The summed E-state index contributed by atoms with van der Waals surface area (Å²) in [7, 11) is 1.68. The highest BCUT2D eigenvalue weighted by molar-refractivity contribution is 5.85. The number of hydrogen-bond acceptors (Lipinski definition) is 3. The van der Waals surface area contributed by atoms with Gasteiger partial charge in [-0.05, 0) is 24.1 Å². The van der Waals surface area contributed by atoms with E-state index in [0.29, 0.717) is 0 Å². The molecule has 1 aromatic carbocycles. The number of nitrogens with one attached hydrogen (secondary N) is 1. The number of rotatable bonds is 6. The summed E-state index contributed by atoms with van der Waals surface area (Å²) >= 11 is 0. The topological polar surface area (TPSA) is 39.1 Å². The van der Waals surface area contributed by atoms with Crippen LogP contribution in [0, 0.1) is 0 Å². The maximum absolute atomic E-state index is 5.20. The second-order valence-electron chi connectivity index (χ2n) is 4.20. The summed E-state index contributed by atoms with van der Waals surface area (Å²) in [6, 6.07) is 8.05. The molecule has 0 amide bonds. The van der Waals surface area contributed by atoms with Gasteiger partial charge in [-0.15, -0.1) is 12.4 Å². The van der Waals surface area contributed by atoms with Crippen LogP contribution in [0.15, 0.2) is 36.7 Å². The van der Waals surface area contributed by atoms with Crippen molar-refractivity contribution in [2.75, 3.05) is 12.4 Å². The predicted molar refractivity (Wildman–Crippen MR) is 80.1 cm³/mol. The number of ether oxygens (including phenoxy) is 1. The second kappa shape index (κ2) is 7.69. The molecule has 0 aliphatic rings. The summed E-state index contributed by atoms with van der Waals surface area (Å²) in [6.07, 6.45) is 4.98. The molecule has 0 fully saturated rings. The summed E-state index contributed by atoms with van der Waals surface area (Å²) in [5.74, 6) is 0.885. The average molecular weight is 282 g/mol. The van der Waals surface area contributed by atoms with Gasteiger partial charge < -0.3 is 10.1 Å². The zero-order valence-electron chi connectivity index (χ0n) is 11.3. The number of hydrogen-bond donors (Lipinski definition) is 1. The van der Waals surface area contributed by atoms with Crippen molar-refractivity contribution in [1.29, 1.82) is 0 Å². The Balaban J connectivity index is 0.00000180. The lowest BCUT2D eigenvalue weighted by molar-refractivity contribution is 0.414. The number of aryl methyl sites for hydroxylation is 1. The first kappa shape index (κ1) is 15.4. The third-order valence-electron chi connectivity index (χ3n) is 2.72. The second-order valence-corrected chi connectivity index (χ2v) is 4.20. The molecule has 104 valence electrons. The zero-order chi connectivity index (χ0) is 12.8. The van der Waals surface area contributed by atoms with Crippen LogP contribution in [0.25, 0.3) is 0 Å². The van der Waals surface area contributed by atoms with Crippen molar-refractivity contribution in [2.45, 2.75) is 26.4 Å². The van der Waals surface area contributed by atoms with E-state index in [-0.39, 0.29) is 12.4 Å². The highest BCUT2D eigenvalue weighted by Gasteiger charge is 1.99. The van der Waals surface area contributed by atoms with Gasteiger partial charge in [0.25, 0.3) is 0 Å². The first-order valence-electron chi connectivity index (χ1n) is 6.21. The van der Waals surface area contributed by atoms with E-state index in [1.807, 2.05) is 35.3 Å². The summed E-state index contributed by atoms with van der Waals surface area (Å²) < 4.78 is 7.15. The lowest BCUT2D eigenvalue weighted by atomic mass is 10.2. The van der Waals surface area contributed by atoms with Gasteiger partial charge in [-0.2, -0.15) is 5.10 Å². The van der Waals surface area contributed by atoms with Gasteiger partial charge in [0, 0.05) is 19.3 Å². The zero-order valence-corrected chi connectivity index (χ0v) is 12.1. The van der Waals surface area contributed by atoms with Gasteiger partial charge in [-0.25, -0.2) is 0 Å². The van der Waals surface area contributed by atoms with E-state index in [4.69, 9.17) is 4.74 Å². The molecule has 5 heteroatoms. The highest BCUT2D eigenvalue weighted by Crippen LogP contribution is 2.14. The van der Waals surface area contributed by atoms with Crippen molar-refractivity contribution in [3.05, 3.63) is 42.2 Å². The van der Waals surface area contributed by atoms with E-state index >= 15 is 0 Å². The fraction of sp³-hybridized carbons (Fsp3) is 0.357. The minimum absolute atomic E-state index is 0. The monoisotopic (exact) mass is 281 g/mol. The smallest absolute Gasteiger partial charge is 0.119 e. The van der Waals surface area contributed by atoms with Crippen molar-refractivity contribution in [1.82, 2.24) is 9.78 Å². The number of halogens is 1. The van der Waals surface area contributed by atoms with Gasteiger partial charge in [0.15, 0.2) is 0 Å². The molecule has 0 saturated carbocycles. The Morgan fingerprint density at radius 1 is 1.37 bits per heavy atom. The Labute approximate surface area is 120 Å². The number of benzene rings is 1. The molecule has 0 aliphatic carbocycles. The van der Waals surface area contributed by atoms with Crippen molar-refractivity contribution >= 4 is 18.1 Å². The minimum atomic E-state index is 0. The molecule has 19 heavy (non-hydrogen) atoms. The standard InChI is InChI=1S/C14H19N3O.ClH/c1-3-7-17-11-13(10-16-17)15-9-12-5-4-6-14(8-12)18-2;/h4-6,8,10-11,15H,3,7,9H2,1-2H3;1H. The molecule has 0 bridgehead atoms. The third-order valence-corrected chi connectivity index (χ3v) is 2.72. The Kier molecular flexibility index (Phi) is 6.22. The van der Waals surface area contributed by atoms with Gasteiger partial charge in [0.05, 0.1) is 19.0 Å². The average Bonchev–Trinajstić information content (AvgIpc) is 2.85. The predicted octanol–water partition coefficient (Wildman–Crippen LogP) is 3.34. The Bertz CT molecular complexity index is 499. The fourth-order valence-electron chi connectivity index (χ4n) is 1.79. The van der Waals surface area contributed by atoms with E-state index in [9.17, 15) is 0 Å². The largest absolute Gasteiger partial charge is 0.497 e. The number of methoxy groups -OCH3 is 1. The lowest BCUT2D eigenvalue weighted by Gasteiger charge is -2.05. The molecule has 0 aliphatic heterocycles. The minimum Gasteiger partial charge on any atom is -0.497 e. The molecule has 0 atom stereocenters.